The number of rotatable bonds is 5. The van der Waals surface area contributed by atoms with Gasteiger partial charge >= 0.3 is 0 Å². The van der Waals surface area contributed by atoms with E-state index in [9.17, 15) is 0 Å². The first kappa shape index (κ1) is 11.5. The van der Waals surface area contributed by atoms with E-state index in [-0.39, 0.29) is 0 Å². The molecule has 0 aliphatic carbocycles. The summed E-state index contributed by atoms with van der Waals surface area (Å²) in [6.07, 6.45) is 1.05. The van der Waals surface area contributed by atoms with Gasteiger partial charge in [-0.25, -0.2) is 0 Å². The lowest BCUT2D eigenvalue weighted by Gasteiger charge is -2.06. The Morgan fingerprint density at radius 3 is 2.71 bits per heavy atom. The molecule has 1 aromatic rings. The van der Waals surface area contributed by atoms with E-state index in [1.54, 1.807) is 7.11 Å². The molecule has 14 heavy (non-hydrogen) atoms. The Balaban J connectivity index is 2.57. The summed E-state index contributed by atoms with van der Waals surface area (Å²) in [6, 6.07) is 5.97. The minimum atomic E-state index is 0.663. The van der Waals surface area contributed by atoms with Crippen LogP contribution in [0.3, 0.4) is 0 Å². The number of halogens is 1. The summed E-state index contributed by atoms with van der Waals surface area (Å²) >= 11 is 3.44. The molecule has 1 aromatic carbocycles. The van der Waals surface area contributed by atoms with Crippen LogP contribution >= 0.6 is 15.9 Å². The molecule has 0 unspecified atom stereocenters. The molecule has 78 valence electrons. The largest absolute Gasteiger partial charge is 0.496 e. The topological polar surface area (TPSA) is 18.5 Å². The van der Waals surface area contributed by atoms with E-state index in [1.165, 1.54) is 0 Å². The van der Waals surface area contributed by atoms with E-state index in [0.29, 0.717) is 6.61 Å². The van der Waals surface area contributed by atoms with E-state index in [1.807, 2.05) is 18.2 Å². The highest BCUT2D eigenvalue weighted by atomic mass is 79.9. The van der Waals surface area contributed by atoms with Crippen LogP contribution < -0.4 is 4.74 Å². The zero-order chi connectivity index (χ0) is 10.4. The van der Waals surface area contributed by atoms with Gasteiger partial charge in [0.2, 0.25) is 0 Å². The van der Waals surface area contributed by atoms with Crippen LogP contribution in [0.4, 0.5) is 0 Å². The molecule has 0 N–H and O–H groups in total. The van der Waals surface area contributed by atoms with Crippen LogP contribution in [0.1, 0.15) is 18.9 Å². The van der Waals surface area contributed by atoms with Crippen molar-refractivity contribution in [2.24, 2.45) is 0 Å². The number of ether oxygens (including phenoxy) is 2. The maximum Gasteiger partial charge on any atom is 0.133 e. The van der Waals surface area contributed by atoms with Gasteiger partial charge in [-0.3, -0.25) is 0 Å². The highest BCUT2D eigenvalue weighted by Gasteiger charge is 2.00. The van der Waals surface area contributed by atoms with Gasteiger partial charge in [0.15, 0.2) is 0 Å². The van der Waals surface area contributed by atoms with Gasteiger partial charge in [-0.2, -0.15) is 0 Å². The molecule has 0 fully saturated rings. The van der Waals surface area contributed by atoms with Crippen molar-refractivity contribution in [3.8, 4) is 5.75 Å². The molecule has 0 saturated carbocycles. The van der Waals surface area contributed by atoms with Crippen LogP contribution in [-0.2, 0) is 11.3 Å². The fraction of sp³-hybridized carbons (Fsp3) is 0.455. The number of hydrogen-bond donors (Lipinski definition) is 0. The third-order valence-electron chi connectivity index (χ3n) is 1.83. The average molecular weight is 259 g/mol. The Labute approximate surface area is 93.4 Å². The number of methoxy groups -OCH3 is 1. The lowest BCUT2D eigenvalue weighted by Crippen LogP contribution is -1.94. The van der Waals surface area contributed by atoms with Crippen LogP contribution in [0.25, 0.3) is 0 Å². The second-order valence-corrected chi connectivity index (χ2v) is 3.88. The molecule has 2 nitrogen and oxygen atoms in total. The molecule has 0 atom stereocenters. The van der Waals surface area contributed by atoms with Crippen molar-refractivity contribution in [1.29, 1.82) is 0 Å². The van der Waals surface area contributed by atoms with E-state index >= 15 is 0 Å². The highest BCUT2D eigenvalue weighted by molar-refractivity contribution is 9.10. The molecule has 0 saturated heterocycles. The highest BCUT2D eigenvalue weighted by Crippen LogP contribution is 2.25. The molecule has 0 heterocycles. The Kier molecular flexibility index (Phi) is 4.98. The molecule has 0 aliphatic heterocycles. The van der Waals surface area contributed by atoms with Gasteiger partial charge in [-0.1, -0.05) is 13.0 Å². The quantitative estimate of drug-likeness (QED) is 0.754. The third-order valence-corrected chi connectivity index (χ3v) is 2.45. The zero-order valence-corrected chi connectivity index (χ0v) is 10.1. The van der Waals surface area contributed by atoms with Gasteiger partial charge in [0, 0.05) is 6.61 Å². The van der Waals surface area contributed by atoms with Crippen LogP contribution in [0.5, 0.6) is 5.75 Å². The Morgan fingerprint density at radius 2 is 2.14 bits per heavy atom. The summed E-state index contributed by atoms with van der Waals surface area (Å²) in [6.45, 7) is 3.57. The number of hydrogen-bond acceptors (Lipinski definition) is 2. The van der Waals surface area contributed by atoms with E-state index < -0.39 is 0 Å². The van der Waals surface area contributed by atoms with E-state index in [4.69, 9.17) is 9.47 Å². The average Bonchev–Trinajstić information content (AvgIpc) is 2.18. The zero-order valence-electron chi connectivity index (χ0n) is 8.55. The van der Waals surface area contributed by atoms with Gasteiger partial charge < -0.3 is 9.47 Å². The van der Waals surface area contributed by atoms with Gasteiger partial charge in [-0.15, -0.1) is 0 Å². The lowest BCUT2D eigenvalue weighted by atomic mass is 10.2. The minimum absolute atomic E-state index is 0.663. The first-order valence-electron chi connectivity index (χ1n) is 4.68. The smallest absolute Gasteiger partial charge is 0.133 e. The van der Waals surface area contributed by atoms with Crippen molar-refractivity contribution in [3.63, 3.8) is 0 Å². The molecular weight excluding hydrogens is 244 g/mol. The summed E-state index contributed by atoms with van der Waals surface area (Å²) in [5.41, 5.74) is 1.16. The summed E-state index contributed by atoms with van der Waals surface area (Å²) < 4.78 is 11.5. The molecule has 0 aromatic heterocycles. The van der Waals surface area contributed by atoms with Gasteiger partial charge in [-0.05, 0) is 40.0 Å². The van der Waals surface area contributed by atoms with Gasteiger partial charge in [0.1, 0.15) is 5.75 Å². The van der Waals surface area contributed by atoms with Crippen molar-refractivity contribution in [1.82, 2.24) is 0 Å². The van der Waals surface area contributed by atoms with Crippen molar-refractivity contribution >= 4 is 15.9 Å². The summed E-state index contributed by atoms with van der Waals surface area (Å²) in [7, 11) is 1.66. The SMILES string of the molecule is CCCOCc1ccc(OC)c(Br)c1. The fourth-order valence-corrected chi connectivity index (χ4v) is 1.72. The first-order valence-corrected chi connectivity index (χ1v) is 5.47. The fourth-order valence-electron chi connectivity index (χ4n) is 1.13. The van der Waals surface area contributed by atoms with E-state index in [2.05, 4.69) is 22.9 Å². The predicted octanol–water partition coefficient (Wildman–Crippen LogP) is 3.38. The molecule has 0 bridgehead atoms. The molecule has 0 aliphatic rings. The summed E-state index contributed by atoms with van der Waals surface area (Å²) in [5.74, 6) is 0.851. The van der Waals surface area contributed by atoms with Crippen LogP contribution in [0, 0.1) is 0 Å². The van der Waals surface area contributed by atoms with Crippen molar-refractivity contribution in [2.75, 3.05) is 13.7 Å². The molecule has 3 heteroatoms. The van der Waals surface area contributed by atoms with Gasteiger partial charge in [0.25, 0.3) is 0 Å². The monoisotopic (exact) mass is 258 g/mol. The van der Waals surface area contributed by atoms with Crippen molar-refractivity contribution in [2.45, 2.75) is 20.0 Å². The summed E-state index contributed by atoms with van der Waals surface area (Å²) in [5, 5.41) is 0. The molecular formula is C11H15BrO2. The lowest BCUT2D eigenvalue weighted by molar-refractivity contribution is 0.121. The van der Waals surface area contributed by atoms with Gasteiger partial charge in [0.05, 0.1) is 18.2 Å². The number of benzene rings is 1. The minimum Gasteiger partial charge on any atom is -0.496 e. The molecule has 0 amide bonds. The second-order valence-electron chi connectivity index (χ2n) is 3.02. The standard InChI is InChI=1S/C11H15BrO2/c1-3-6-14-8-9-4-5-11(13-2)10(12)7-9/h4-5,7H,3,6,8H2,1-2H3. The van der Waals surface area contributed by atoms with Crippen molar-refractivity contribution < 1.29 is 9.47 Å². The Hall–Kier alpha value is -0.540. The van der Waals surface area contributed by atoms with Crippen LogP contribution in [0.2, 0.25) is 0 Å². The predicted molar refractivity (Wildman–Crippen MR) is 60.6 cm³/mol. The summed E-state index contributed by atoms with van der Waals surface area (Å²) in [4.78, 5) is 0. The van der Waals surface area contributed by atoms with Crippen LogP contribution in [-0.4, -0.2) is 13.7 Å². The maximum absolute atomic E-state index is 5.44. The second kappa shape index (κ2) is 6.04. The molecule has 0 spiro atoms. The molecule has 0 radical (unpaired) electrons. The third kappa shape index (κ3) is 3.31. The first-order chi connectivity index (χ1) is 6.77. The van der Waals surface area contributed by atoms with Crippen molar-refractivity contribution in [3.05, 3.63) is 28.2 Å². The Morgan fingerprint density at radius 1 is 1.36 bits per heavy atom. The Bertz CT molecular complexity index is 287. The normalized spacial score (nSPS) is 10.2. The maximum atomic E-state index is 5.44. The van der Waals surface area contributed by atoms with E-state index in [0.717, 1.165) is 28.8 Å². The molecule has 1 rings (SSSR count). The van der Waals surface area contributed by atoms with Crippen LogP contribution in [0.15, 0.2) is 22.7 Å².